The van der Waals surface area contributed by atoms with Gasteiger partial charge >= 0.3 is 0 Å². The lowest BCUT2D eigenvalue weighted by Gasteiger charge is -2.16. The van der Waals surface area contributed by atoms with E-state index < -0.39 is 0 Å². The van der Waals surface area contributed by atoms with E-state index >= 15 is 0 Å². The van der Waals surface area contributed by atoms with Crippen molar-refractivity contribution in [1.82, 2.24) is 0 Å². The molecule has 0 aliphatic carbocycles. The van der Waals surface area contributed by atoms with Crippen molar-refractivity contribution in [2.24, 2.45) is 0 Å². The van der Waals surface area contributed by atoms with E-state index in [9.17, 15) is 4.39 Å². The fourth-order valence-electron chi connectivity index (χ4n) is 2.27. The van der Waals surface area contributed by atoms with Crippen LogP contribution in [0.25, 0.3) is 0 Å². The Morgan fingerprint density at radius 1 is 1.10 bits per heavy atom. The first-order valence-corrected chi connectivity index (χ1v) is 7.30. The predicted molar refractivity (Wildman–Crippen MR) is 83.5 cm³/mol. The molecule has 2 heteroatoms. The number of hydrogen-bond acceptors (Lipinski definition) is 1. The van der Waals surface area contributed by atoms with Crippen LogP contribution in [0.4, 0.5) is 10.1 Å². The molecule has 0 radical (unpaired) electrons. The summed E-state index contributed by atoms with van der Waals surface area (Å²) in [5, 5.41) is 3.32. The summed E-state index contributed by atoms with van der Waals surface area (Å²) in [6, 6.07) is 15.4. The van der Waals surface area contributed by atoms with E-state index in [1.54, 1.807) is 6.07 Å². The summed E-state index contributed by atoms with van der Waals surface area (Å²) in [5.41, 5.74) is 3.41. The highest BCUT2D eigenvalue weighted by atomic mass is 19.1. The molecule has 1 nitrogen and oxygen atoms in total. The Hall–Kier alpha value is -1.83. The van der Waals surface area contributed by atoms with Crippen LogP contribution in [0.15, 0.2) is 48.5 Å². The Balaban J connectivity index is 2.00. The van der Waals surface area contributed by atoms with Crippen molar-refractivity contribution < 1.29 is 4.39 Å². The Bertz CT molecular complexity index is 533. The van der Waals surface area contributed by atoms with Gasteiger partial charge in [-0.3, -0.25) is 0 Å². The van der Waals surface area contributed by atoms with Crippen LogP contribution in [0.1, 0.15) is 43.9 Å². The molecule has 0 heterocycles. The van der Waals surface area contributed by atoms with Gasteiger partial charge in [-0.2, -0.15) is 0 Å². The van der Waals surface area contributed by atoms with Gasteiger partial charge in [0, 0.05) is 11.7 Å². The second-order valence-electron chi connectivity index (χ2n) is 5.22. The Labute approximate surface area is 120 Å². The Kier molecular flexibility index (Phi) is 5.16. The number of nitrogens with one attached hydrogen (secondary N) is 1. The second kappa shape index (κ2) is 7.09. The highest BCUT2D eigenvalue weighted by molar-refractivity contribution is 5.45. The maximum atomic E-state index is 13.2. The molecule has 0 bridgehead atoms. The summed E-state index contributed by atoms with van der Waals surface area (Å²) in [5.74, 6) is -0.211. The van der Waals surface area contributed by atoms with Crippen LogP contribution in [0, 0.1) is 5.82 Å². The summed E-state index contributed by atoms with van der Waals surface area (Å²) >= 11 is 0. The highest BCUT2D eigenvalue weighted by Gasteiger charge is 2.05. The minimum atomic E-state index is -0.211. The van der Waals surface area contributed by atoms with E-state index in [2.05, 4.69) is 43.4 Å². The molecule has 1 atom stereocenters. The quantitative estimate of drug-likeness (QED) is 0.747. The van der Waals surface area contributed by atoms with E-state index in [1.807, 2.05) is 6.07 Å². The molecule has 0 saturated carbocycles. The smallest absolute Gasteiger partial charge is 0.125 e. The molecule has 2 aromatic rings. The van der Waals surface area contributed by atoms with Gasteiger partial charge in [-0.1, -0.05) is 43.7 Å². The minimum absolute atomic E-state index is 0.164. The van der Waals surface area contributed by atoms with Gasteiger partial charge in [0.1, 0.15) is 5.82 Å². The summed E-state index contributed by atoms with van der Waals surface area (Å²) < 4.78 is 13.2. The molecule has 106 valence electrons. The molecular weight excluding hydrogens is 249 g/mol. The van der Waals surface area contributed by atoms with Crippen LogP contribution in [-0.2, 0) is 6.42 Å². The van der Waals surface area contributed by atoms with E-state index in [1.165, 1.54) is 36.1 Å². The Morgan fingerprint density at radius 2 is 1.85 bits per heavy atom. The number of hydrogen-bond donors (Lipinski definition) is 1. The molecule has 0 fully saturated rings. The van der Waals surface area contributed by atoms with E-state index in [4.69, 9.17) is 0 Å². The lowest BCUT2D eigenvalue weighted by molar-refractivity contribution is 0.628. The number of unbranched alkanes of at least 4 members (excludes halogenated alkanes) is 1. The van der Waals surface area contributed by atoms with Crippen LogP contribution in [0.2, 0.25) is 0 Å². The van der Waals surface area contributed by atoms with Gasteiger partial charge in [-0.25, -0.2) is 4.39 Å². The SMILES string of the molecule is CCCCc1ccc(C(C)Nc2cccc(F)c2)cc1. The number of anilines is 1. The van der Waals surface area contributed by atoms with Crippen LogP contribution in [0.3, 0.4) is 0 Å². The lowest BCUT2D eigenvalue weighted by Crippen LogP contribution is -2.06. The number of benzene rings is 2. The van der Waals surface area contributed by atoms with E-state index in [0.29, 0.717) is 0 Å². The van der Waals surface area contributed by atoms with Crippen molar-refractivity contribution in [1.29, 1.82) is 0 Å². The molecule has 1 unspecified atom stereocenters. The van der Waals surface area contributed by atoms with E-state index in [-0.39, 0.29) is 11.9 Å². The third-order valence-corrected chi connectivity index (χ3v) is 3.51. The molecule has 0 aliphatic heterocycles. The Morgan fingerprint density at radius 3 is 2.50 bits per heavy atom. The normalized spacial score (nSPS) is 12.2. The summed E-state index contributed by atoms with van der Waals surface area (Å²) in [4.78, 5) is 0. The maximum absolute atomic E-state index is 13.2. The standard InChI is InChI=1S/C18H22FN/c1-3-4-6-15-9-11-16(12-10-15)14(2)20-18-8-5-7-17(19)13-18/h5,7-14,20H,3-4,6H2,1-2H3. The highest BCUT2D eigenvalue weighted by Crippen LogP contribution is 2.20. The van der Waals surface area contributed by atoms with E-state index in [0.717, 1.165) is 12.1 Å². The lowest BCUT2D eigenvalue weighted by atomic mass is 10.0. The van der Waals surface area contributed by atoms with Gasteiger partial charge < -0.3 is 5.32 Å². The monoisotopic (exact) mass is 271 g/mol. The first-order chi connectivity index (χ1) is 9.69. The molecule has 0 spiro atoms. The molecule has 0 amide bonds. The minimum Gasteiger partial charge on any atom is -0.378 e. The summed E-state index contributed by atoms with van der Waals surface area (Å²) in [6.07, 6.45) is 3.60. The zero-order valence-electron chi connectivity index (χ0n) is 12.2. The number of aryl methyl sites for hydroxylation is 1. The van der Waals surface area contributed by atoms with Crippen molar-refractivity contribution in [3.8, 4) is 0 Å². The van der Waals surface area contributed by atoms with Crippen LogP contribution in [-0.4, -0.2) is 0 Å². The van der Waals surface area contributed by atoms with Gasteiger partial charge in [0.15, 0.2) is 0 Å². The zero-order chi connectivity index (χ0) is 14.4. The van der Waals surface area contributed by atoms with Gasteiger partial charge in [-0.15, -0.1) is 0 Å². The first kappa shape index (κ1) is 14.6. The first-order valence-electron chi connectivity index (χ1n) is 7.30. The zero-order valence-corrected chi connectivity index (χ0v) is 12.2. The molecule has 20 heavy (non-hydrogen) atoms. The second-order valence-corrected chi connectivity index (χ2v) is 5.22. The summed E-state index contributed by atoms with van der Waals surface area (Å²) in [7, 11) is 0. The fourth-order valence-corrected chi connectivity index (χ4v) is 2.27. The van der Waals surface area contributed by atoms with Crippen LogP contribution < -0.4 is 5.32 Å². The average molecular weight is 271 g/mol. The van der Waals surface area contributed by atoms with Crippen molar-refractivity contribution in [3.63, 3.8) is 0 Å². The molecule has 2 rings (SSSR count). The number of halogens is 1. The number of rotatable bonds is 6. The molecule has 0 aromatic heterocycles. The van der Waals surface area contributed by atoms with Crippen LogP contribution >= 0.6 is 0 Å². The van der Waals surface area contributed by atoms with Crippen LogP contribution in [0.5, 0.6) is 0 Å². The van der Waals surface area contributed by atoms with Crippen molar-refractivity contribution in [2.45, 2.75) is 39.2 Å². The summed E-state index contributed by atoms with van der Waals surface area (Å²) in [6.45, 7) is 4.30. The largest absolute Gasteiger partial charge is 0.378 e. The molecular formula is C18H22FN. The van der Waals surface area contributed by atoms with Crippen molar-refractivity contribution >= 4 is 5.69 Å². The predicted octanol–water partition coefficient (Wildman–Crippen LogP) is 5.34. The average Bonchev–Trinajstić information content (AvgIpc) is 2.45. The topological polar surface area (TPSA) is 12.0 Å². The maximum Gasteiger partial charge on any atom is 0.125 e. The molecule has 0 aliphatic rings. The van der Waals surface area contributed by atoms with Gasteiger partial charge in [0.25, 0.3) is 0 Å². The van der Waals surface area contributed by atoms with Gasteiger partial charge in [0.05, 0.1) is 0 Å². The third kappa shape index (κ3) is 4.09. The molecule has 1 N–H and O–H groups in total. The molecule has 0 saturated heterocycles. The van der Waals surface area contributed by atoms with Gasteiger partial charge in [-0.05, 0) is 49.1 Å². The van der Waals surface area contributed by atoms with Gasteiger partial charge in [0.2, 0.25) is 0 Å². The van der Waals surface area contributed by atoms with Crippen molar-refractivity contribution in [3.05, 3.63) is 65.5 Å². The molecule has 2 aromatic carbocycles. The van der Waals surface area contributed by atoms with Crippen molar-refractivity contribution in [2.75, 3.05) is 5.32 Å². The fraction of sp³-hybridized carbons (Fsp3) is 0.333. The third-order valence-electron chi connectivity index (χ3n) is 3.51.